The SMILES string of the molecule is Cc1noc(C(C)C(=O)NC2C(=O)N3[C@@H]2SC(C)(C)[C@@H]3C(=O)O)n1. The number of aromatic nitrogens is 2. The first-order valence-corrected chi connectivity index (χ1v) is 8.35. The van der Waals surface area contributed by atoms with Gasteiger partial charge in [0.05, 0.1) is 0 Å². The molecule has 4 atom stereocenters. The van der Waals surface area contributed by atoms with Crippen molar-refractivity contribution in [3.8, 4) is 0 Å². The minimum absolute atomic E-state index is 0.177. The van der Waals surface area contributed by atoms with E-state index in [2.05, 4.69) is 15.5 Å². The largest absolute Gasteiger partial charge is 0.480 e. The van der Waals surface area contributed by atoms with Crippen LogP contribution in [0, 0.1) is 6.92 Å². The molecule has 3 rings (SSSR count). The second-order valence-corrected chi connectivity index (χ2v) is 8.26. The Bertz CT molecular complexity index is 718. The number of nitrogens with one attached hydrogen (secondary N) is 1. The average molecular weight is 354 g/mol. The molecule has 2 aliphatic heterocycles. The fraction of sp³-hybridized carbons (Fsp3) is 0.643. The molecule has 24 heavy (non-hydrogen) atoms. The van der Waals surface area contributed by atoms with Crippen LogP contribution in [0.5, 0.6) is 0 Å². The van der Waals surface area contributed by atoms with Gasteiger partial charge in [0.1, 0.15) is 23.4 Å². The van der Waals surface area contributed by atoms with E-state index in [9.17, 15) is 19.5 Å². The second kappa shape index (κ2) is 5.47. The molecule has 0 saturated carbocycles. The summed E-state index contributed by atoms with van der Waals surface area (Å²) < 4.78 is 4.35. The van der Waals surface area contributed by atoms with Crippen LogP contribution in [0.15, 0.2) is 4.52 Å². The van der Waals surface area contributed by atoms with E-state index in [1.165, 1.54) is 16.7 Å². The van der Waals surface area contributed by atoms with Gasteiger partial charge < -0.3 is 19.8 Å². The van der Waals surface area contributed by atoms with Crippen molar-refractivity contribution < 1.29 is 24.0 Å². The fourth-order valence-electron chi connectivity index (χ4n) is 3.02. The van der Waals surface area contributed by atoms with Gasteiger partial charge in [0.25, 0.3) is 0 Å². The number of amides is 2. The monoisotopic (exact) mass is 354 g/mol. The zero-order valence-electron chi connectivity index (χ0n) is 13.6. The third-order valence-corrected chi connectivity index (χ3v) is 5.85. The molecule has 0 bridgehead atoms. The summed E-state index contributed by atoms with van der Waals surface area (Å²) in [4.78, 5) is 41.5. The first kappa shape index (κ1) is 16.7. The molecule has 1 aromatic rings. The number of carboxylic acids is 1. The van der Waals surface area contributed by atoms with E-state index >= 15 is 0 Å². The van der Waals surface area contributed by atoms with E-state index in [-0.39, 0.29) is 17.2 Å². The number of thioether (sulfide) groups is 1. The minimum atomic E-state index is -1.04. The van der Waals surface area contributed by atoms with Gasteiger partial charge in [-0.25, -0.2) is 4.79 Å². The third-order valence-electron chi connectivity index (χ3n) is 4.28. The zero-order chi connectivity index (χ0) is 17.8. The molecule has 2 unspecified atom stereocenters. The Morgan fingerprint density at radius 3 is 2.67 bits per heavy atom. The first-order chi connectivity index (χ1) is 11.1. The average Bonchev–Trinajstić information content (AvgIpc) is 3.03. The smallest absolute Gasteiger partial charge is 0.327 e. The number of aryl methyl sites for hydroxylation is 1. The molecule has 2 saturated heterocycles. The van der Waals surface area contributed by atoms with Gasteiger partial charge in [0, 0.05) is 4.75 Å². The summed E-state index contributed by atoms with van der Waals surface area (Å²) in [7, 11) is 0. The highest BCUT2D eigenvalue weighted by molar-refractivity contribution is 8.01. The molecular formula is C14H18N4O5S. The van der Waals surface area contributed by atoms with Crippen molar-refractivity contribution in [2.45, 2.75) is 55.8 Å². The quantitative estimate of drug-likeness (QED) is 0.730. The third kappa shape index (κ3) is 2.45. The van der Waals surface area contributed by atoms with Crippen LogP contribution in [0.25, 0.3) is 0 Å². The standard InChI is InChI=1S/C14H18N4O5S/c1-5(10-15-6(2)17-23-10)9(19)16-7-11(20)18-8(13(21)22)14(3,4)24-12(7)18/h5,7-8,12H,1-4H3,(H,16,19)(H,21,22)/t5?,7?,8-,12+/m0/s1. The molecule has 0 radical (unpaired) electrons. The number of hydrogen-bond acceptors (Lipinski definition) is 7. The number of rotatable bonds is 4. The van der Waals surface area contributed by atoms with Crippen molar-refractivity contribution in [3.05, 3.63) is 11.7 Å². The zero-order valence-corrected chi connectivity index (χ0v) is 14.5. The predicted molar refractivity (Wildman–Crippen MR) is 83.1 cm³/mol. The highest BCUT2D eigenvalue weighted by Gasteiger charge is 2.64. The predicted octanol–water partition coefficient (Wildman–Crippen LogP) is 0.113. The first-order valence-electron chi connectivity index (χ1n) is 7.47. The Hall–Kier alpha value is -2.10. The minimum Gasteiger partial charge on any atom is -0.480 e. The van der Waals surface area contributed by atoms with Crippen LogP contribution < -0.4 is 5.32 Å². The molecule has 130 valence electrons. The summed E-state index contributed by atoms with van der Waals surface area (Å²) in [6.45, 7) is 6.82. The highest BCUT2D eigenvalue weighted by atomic mass is 32.2. The summed E-state index contributed by atoms with van der Waals surface area (Å²) in [5, 5.41) is 15.3. The Morgan fingerprint density at radius 1 is 1.46 bits per heavy atom. The number of aliphatic carboxylic acids is 1. The summed E-state index contributed by atoms with van der Waals surface area (Å²) in [5.74, 6) is -1.92. The van der Waals surface area contributed by atoms with Crippen molar-refractivity contribution in [2.75, 3.05) is 0 Å². The lowest BCUT2D eigenvalue weighted by Crippen LogP contribution is -2.70. The molecule has 2 amide bonds. The summed E-state index contributed by atoms with van der Waals surface area (Å²) in [6.07, 6.45) is 0. The van der Waals surface area contributed by atoms with Gasteiger partial charge in [-0.1, -0.05) is 5.16 Å². The fourth-order valence-corrected chi connectivity index (χ4v) is 4.65. The lowest BCUT2D eigenvalue weighted by atomic mass is 9.95. The summed E-state index contributed by atoms with van der Waals surface area (Å²) in [5.41, 5.74) is 0. The number of carboxylic acid groups (broad SMARTS) is 1. The summed E-state index contributed by atoms with van der Waals surface area (Å²) >= 11 is 1.38. The second-order valence-electron chi connectivity index (χ2n) is 6.49. The molecule has 9 nitrogen and oxygen atoms in total. The van der Waals surface area contributed by atoms with Crippen molar-refractivity contribution >= 4 is 29.5 Å². The van der Waals surface area contributed by atoms with Gasteiger partial charge in [-0.15, -0.1) is 11.8 Å². The van der Waals surface area contributed by atoms with E-state index in [1.54, 1.807) is 27.7 Å². The van der Waals surface area contributed by atoms with E-state index in [1.807, 2.05) is 0 Å². The maximum absolute atomic E-state index is 12.3. The summed E-state index contributed by atoms with van der Waals surface area (Å²) in [6, 6.07) is -1.64. The molecule has 10 heteroatoms. The van der Waals surface area contributed by atoms with Crippen LogP contribution in [0.2, 0.25) is 0 Å². The lowest BCUT2D eigenvalue weighted by molar-refractivity contribution is -0.161. The van der Waals surface area contributed by atoms with Crippen LogP contribution in [-0.2, 0) is 14.4 Å². The van der Waals surface area contributed by atoms with E-state index in [0.717, 1.165) is 0 Å². The van der Waals surface area contributed by atoms with Crippen LogP contribution in [-0.4, -0.2) is 60.1 Å². The molecule has 0 aromatic carbocycles. The van der Waals surface area contributed by atoms with Gasteiger partial charge in [-0.2, -0.15) is 4.98 Å². The Balaban J connectivity index is 1.71. The number of nitrogens with zero attached hydrogens (tertiary/aromatic N) is 3. The number of β-lactam (4-membered cyclic amide) rings is 1. The van der Waals surface area contributed by atoms with Gasteiger partial charge >= 0.3 is 5.97 Å². The number of hydrogen-bond donors (Lipinski definition) is 2. The van der Waals surface area contributed by atoms with Crippen LogP contribution in [0.4, 0.5) is 0 Å². The van der Waals surface area contributed by atoms with E-state index < -0.39 is 34.6 Å². The highest BCUT2D eigenvalue weighted by Crippen LogP contribution is 2.50. The van der Waals surface area contributed by atoms with Gasteiger partial charge in [-0.05, 0) is 27.7 Å². The van der Waals surface area contributed by atoms with Crippen molar-refractivity contribution in [2.24, 2.45) is 0 Å². The maximum atomic E-state index is 12.3. The van der Waals surface area contributed by atoms with Crippen LogP contribution in [0.3, 0.4) is 0 Å². The molecule has 0 aliphatic carbocycles. The number of carbonyl (C=O) groups excluding carboxylic acids is 2. The van der Waals surface area contributed by atoms with Crippen molar-refractivity contribution in [1.82, 2.24) is 20.4 Å². The molecule has 3 heterocycles. The molecule has 2 aliphatic rings. The van der Waals surface area contributed by atoms with Crippen LogP contribution in [0.1, 0.15) is 38.4 Å². The maximum Gasteiger partial charge on any atom is 0.327 e. The Kier molecular flexibility index (Phi) is 3.82. The van der Waals surface area contributed by atoms with Crippen molar-refractivity contribution in [3.63, 3.8) is 0 Å². The lowest BCUT2D eigenvalue weighted by Gasteiger charge is -2.43. The van der Waals surface area contributed by atoms with Gasteiger partial charge in [0.15, 0.2) is 5.82 Å². The van der Waals surface area contributed by atoms with E-state index in [4.69, 9.17) is 4.52 Å². The van der Waals surface area contributed by atoms with E-state index in [0.29, 0.717) is 5.82 Å². The molecular weight excluding hydrogens is 336 g/mol. The number of fused-ring (bicyclic) bond motifs is 1. The molecule has 1 aromatic heterocycles. The Labute approximate surface area is 142 Å². The van der Waals surface area contributed by atoms with Crippen LogP contribution >= 0.6 is 11.8 Å². The molecule has 0 spiro atoms. The molecule has 2 fully saturated rings. The number of carbonyl (C=O) groups is 3. The van der Waals surface area contributed by atoms with Gasteiger partial charge in [0.2, 0.25) is 17.7 Å². The topological polar surface area (TPSA) is 126 Å². The normalized spacial score (nSPS) is 28.9. The molecule has 2 N–H and O–H groups in total. The Morgan fingerprint density at radius 2 is 2.12 bits per heavy atom. The van der Waals surface area contributed by atoms with Gasteiger partial charge in [-0.3, -0.25) is 9.59 Å². The van der Waals surface area contributed by atoms with Crippen molar-refractivity contribution in [1.29, 1.82) is 0 Å².